The Labute approximate surface area is 141 Å². The number of halogens is 1. The lowest BCUT2D eigenvalue weighted by Gasteiger charge is -2.35. The average molecular weight is 341 g/mol. The lowest BCUT2D eigenvalue weighted by molar-refractivity contribution is 0.177. The molecule has 1 aromatic rings. The number of nitrogens with one attached hydrogen (secondary N) is 1. The molecule has 0 aliphatic carbocycles. The van der Waals surface area contributed by atoms with Crippen molar-refractivity contribution in [2.24, 2.45) is 0 Å². The number of rotatable bonds is 4. The molecule has 0 aromatic heterocycles. The second-order valence-corrected chi connectivity index (χ2v) is 8.48. The molecule has 0 bridgehead atoms. The second kappa shape index (κ2) is 8.57. The molecular weight excluding hydrogens is 315 g/mol. The SMILES string of the molecule is Fc1ccccc1CN1CCCC(NC2CSCCSC2)C1. The fourth-order valence-corrected chi connectivity index (χ4v) is 5.67. The predicted octanol–water partition coefficient (Wildman–Crippen LogP) is 3.23. The van der Waals surface area contributed by atoms with E-state index in [2.05, 4.69) is 33.7 Å². The molecule has 2 aliphatic rings. The third kappa shape index (κ3) is 4.88. The van der Waals surface area contributed by atoms with Crippen LogP contribution in [0, 0.1) is 5.82 Å². The van der Waals surface area contributed by atoms with Gasteiger partial charge in [0.15, 0.2) is 0 Å². The molecule has 122 valence electrons. The van der Waals surface area contributed by atoms with Gasteiger partial charge in [0, 0.05) is 53.7 Å². The number of nitrogens with zero attached hydrogens (tertiary/aromatic N) is 1. The van der Waals surface area contributed by atoms with Gasteiger partial charge in [-0.3, -0.25) is 4.90 Å². The third-order valence-corrected chi connectivity index (χ3v) is 6.86. The zero-order chi connectivity index (χ0) is 15.2. The molecule has 0 amide bonds. The third-order valence-electron chi connectivity index (χ3n) is 4.34. The van der Waals surface area contributed by atoms with E-state index >= 15 is 0 Å². The fourth-order valence-electron chi connectivity index (χ4n) is 3.25. The number of hydrogen-bond donors (Lipinski definition) is 1. The Morgan fingerprint density at radius 3 is 2.68 bits per heavy atom. The summed E-state index contributed by atoms with van der Waals surface area (Å²) in [5.41, 5.74) is 0.823. The van der Waals surface area contributed by atoms with Crippen molar-refractivity contribution < 1.29 is 4.39 Å². The fraction of sp³-hybridized carbons (Fsp3) is 0.647. The van der Waals surface area contributed by atoms with Crippen LogP contribution in [-0.4, -0.2) is 53.1 Å². The smallest absolute Gasteiger partial charge is 0.127 e. The summed E-state index contributed by atoms with van der Waals surface area (Å²) in [6.45, 7) is 2.86. The molecule has 2 fully saturated rings. The highest BCUT2D eigenvalue weighted by Crippen LogP contribution is 2.20. The molecule has 2 saturated heterocycles. The van der Waals surface area contributed by atoms with Crippen molar-refractivity contribution in [3.05, 3.63) is 35.6 Å². The highest BCUT2D eigenvalue weighted by molar-refractivity contribution is 8.03. The van der Waals surface area contributed by atoms with Crippen LogP contribution in [0.3, 0.4) is 0 Å². The molecule has 1 N–H and O–H groups in total. The first-order valence-electron chi connectivity index (χ1n) is 8.18. The van der Waals surface area contributed by atoms with E-state index in [1.54, 1.807) is 12.1 Å². The van der Waals surface area contributed by atoms with E-state index in [0.717, 1.165) is 25.2 Å². The van der Waals surface area contributed by atoms with Gasteiger partial charge < -0.3 is 5.32 Å². The van der Waals surface area contributed by atoms with Gasteiger partial charge in [-0.05, 0) is 25.5 Å². The first-order valence-corrected chi connectivity index (χ1v) is 10.5. The quantitative estimate of drug-likeness (QED) is 0.905. The van der Waals surface area contributed by atoms with Gasteiger partial charge in [0.1, 0.15) is 5.82 Å². The summed E-state index contributed by atoms with van der Waals surface area (Å²) in [7, 11) is 0. The molecule has 22 heavy (non-hydrogen) atoms. The maximum atomic E-state index is 13.8. The average Bonchev–Trinajstić information content (AvgIpc) is 2.79. The highest BCUT2D eigenvalue weighted by atomic mass is 32.2. The maximum Gasteiger partial charge on any atom is 0.127 e. The minimum Gasteiger partial charge on any atom is -0.308 e. The van der Waals surface area contributed by atoms with Gasteiger partial charge in [0.25, 0.3) is 0 Å². The highest BCUT2D eigenvalue weighted by Gasteiger charge is 2.23. The summed E-state index contributed by atoms with van der Waals surface area (Å²) in [6, 6.07) is 8.36. The summed E-state index contributed by atoms with van der Waals surface area (Å²) in [6.07, 6.45) is 2.46. The molecule has 0 saturated carbocycles. The van der Waals surface area contributed by atoms with Crippen LogP contribution in [0.1, 0.15) is 18.4 Å². The molecule has 1 aromatic carbocycles. The van der Waals surface area contributed by atoms with E-state index < -0.39 is 0 Å². The normalized spacial score (nSPS) is 25.0. The van der Waals surface area contributed by atoms with Gasteiger partial charge >= 0.3 is 0 Å². The van der Waals surface area contributed by atoms with Crippen LogP contribution >= 0.6 is 23.5 Å². The van der Waals surface area contributed by atoms with Crippen LogP contribution in [0.4, 0.5) is 4.39 Å². The molecule has 0 radical (unpaired) electrons. The van der Waals surface area contributed by atoms with Crippen molar-refractivity contribution in [3.8, 4) is 0 Å². The standard InChI is InChI=1S/C17H25FN2S2/c18-17-6-2-1-4-14(17)10-20-7-3-5-15(11-20)19-16-12-21-8-9-22-13-16/h1-2,4,6,15-16,19H,3,5,7-13H2. The Balaban J connectivity index is 1.51. The van der Waals surface area contributed by atoms with E-state index in [0.29, 0.717) is 12.1 Å². The van der Waals surface area contributed by atoms with Gasteiger partial charge in [-0.25, -0.2) is 4.39 Å². The van der Waals surface area contributed by atoms with Gasteiger partial charge in [-0.15, -0.1) is 0 Å². The van der Waals surface area contributed by atoms with Crippen LogP contribution in [-0.2, 0) is 6.54 Å². The molecule has 1 unspecified atom stereocenters. The molecule has 0 spiro atoms. The zero-order valence-corrected chi connectivity index (χ0v) is 14.6. The minimum atomic E-state index is -0.0749. The van der Waals surface area contributed by atoms with Crippen molar-refractivity contribution in [3.63, 3.8) is 0 Å². The summed E-state index contributed by atoms with van der Waals surface area (Å²) in [5.74, 6) is 4.96. The van der Waals surface area contributed by atoms with Crippen molar-refractivity contribution in [2.75, 3.05) is 36.1 Å². The van der Waals surface area contributed by atoms with Crippen molar-refractivity contribution in [1.29, 1.82) is 0 Å². The monoisotopic (exact) mass is 340 g/mol. The Hall–Kier alpha value is -0.230. The summed E-state index contributed by atoms with van der Waals surface area (Å²) >= 11 is 4.14. The van der Waals surface area contributed by atoms with Crippen LogP contribution < -0.4 is 5.32 Å². The molecule has 2 aliphatic heterocycles. The minimum absolute atomic E-state index is 0.0749. The van der Waals surface area contributed by atoms with E-state index in [1.807, 2.05) is 12.1 Å². The topological polar surface area (TPSA) is 15.3 Å². The number of hydrogen-bond acceptors (Lipinski definition) is 4. The molecule has 3 rings (SSSR count). The van der Waals surface area contributed by atoms with Crippen LogP contribution in [0.15, 0.2) is 24.3 Å². The van der Waals surface area contributed by atoms with Crippen molar-refractivity contribution >= 4 is 23.5 Å². The largest absolute Gasteiger partial charge is 0.308 e. The van der Waals surface area contributed by atoms with Gasteiger partial charge in [-0.2, -0.15) is 23.5 Å². The van der Waals surface area contributed by atoms with Crippen molar-refractivity contribution in [2.45, 2.75) is 31.5 Å². The van der Waals surface area contributed by atoms with E-state index in [-0.39, 0.29) is 5.82 Å². The summed E-state index contributed by atoms with van der Waals surface area (Å²) in [5, 5.41) is 3.85. The Kier molecular flexibility index (Phi) is 6.48. The summed E-state index contributed by atoms with van der Waals surface area (Å²) < 4.78 is 13.8. The van der Waals surface area contributed by atoms with Crippen molar-refractivity contribution in [1.82, 2.24) is 10.2 Å². The predicted molar refractivity (Wildman–Crippen MR) is 96.3 cm³/mol. The van der Waals surface area contributed by atoms with Gasteiger partial charge in [0.2, 0.25) is 0 Å². The van der Waals surface area contributed by atoms with E-state index in [1.165, 1.54) is 35.9 Å². The van der Waals surface area contributed by atoms with Gasteiger partial charge in [0.05, 0.1) is 0 Å². The van der Waals surface area contributed by atoms with Crippen LogP contribution in [0.5, 0.6) is 0 Å². The van der Waals surface area contributed by atoms with Gasteiger partial charge in [-0.1, -0.05) is 18.2 Å². The summed E-state index contributed by atoms with van der Waals surface area (Å²) in [4.78, 5) is 2.40. The molecule has 2 heterocycles. The number of piperidine rings is 1. The van der Waals surface area contributed by atoms with Crippen LogP contribution in [0.25, 0.3) is 0 Å². The first-order chi connectivity index (χ1) is 10.8. The lowest BCUT2D eigenvalue weighted by atomic mass is 10.0. The van der Waals surface area contributed by atoms with E-state index in [4.69, 9.17) is 0 Å². The zero-order valence-electron chi connectivity index (χ0n) is 13.0. The Morgan fingerprint density at radius 1 is 1.14 bits per heavy atom. The number of thioether (sulfide) groups is 2. The Bertz CT molecular complexity index is 464. The molecule has 1 atom stereocenters. The first kappa shape index (κ1) is 16.6. The molecular formula is C17H25FN2S2. The lowest BCUT2D eigenvalue weighted by Crippen LogP contribution is -2.50. The Morgan fingerprint density at radius 2 is 1.91 bits per heavy atom. The van der Waals surface area contributed by atoms with Crippen LogP contribution in [0.2, 0.25) is 0 Å². The second-order valence-electron chi connectivity index (χ2n) is 6.18. The van der Waals surface area contributed by atoms with E-state index in [9.17, 15) is 4.39 Å². The maximum absolute atomic E-state index is 13.8. The molecule has 2 nitrogen and oxygen atoms in total. The molecule has 5 heteroatoms. The number of likely N-dealkylation sites (tertiary alicyclic amines) is 1. The number of benzene rings is 1.